The number of hydrogen-bond acceptors (Lipinski definition) is 4. The van der Waals surface area contributed by atoms with Crippen LogP contribution >= 0.6 is 0 Å². The SMILES string of the molecule is NCCC[C@@H](N)C(=O)N[C@H](Cc1ccc2ccccc2c1)C(=O)O. The highest BCUT2D eigenvalue weighted by atomic mass is 16.4. The van der Waals surface area contributed by atoms with Gasteiger partial charge in [0.15, 0.2) is 0 Å². The van der Waals surface area contributed by atoms with Crippen molar-refractivity contribution < 1.29 is 14.7 Å². The molecule has 0 saturated carbocycles. The van der Waals surface area contributed by atoms with E-state index in [9.17, 15) is 14.7 Å². The summed E-state index contributed by atoms with van der Waals surface area (Å²) in [7, 11) is 0. The Morgan fingerprint density at radius 3 is 2.50 bits per heavy atom. The number of nitrogens with one attached hydrogen (secondary N) is 1. The molecule has 2 aromatic carbocycles. The van der Waals surface area contributed by atoms with Crippen molar-refractivity contribution in [3.63, 3.8) is 0 Å². The molecule has 0 aliphatic carbocycles. The summed E-state index contributed by atoms with van der Waals surface area (Å²) >= 11 is 0. The molecule has 2 atom stereocenters. The van der Waals surface area contributed by atoms with Gasteiger partial charge in [0.2, 0.25) is 5.91 Å². The molecule has 24 heavy (non-hydrogen) atoms. The minimum atomic E-state index is -1.08. The number of carbonyl (C=O) groups excluding carboxylic acids is 1. The Labute approximate surface area is 140 Å². The number of carboxylic acids is 1. The van der Waals surface area contributed by atoms with E-state index < -0.39 is 24.0 Å². The fraction of sp³-hybridized carbons (Fsp3) is 0.333. The van der Waals surface area contributed by atoms with E-state index in [1.807, 2.05) is 42.5 Å². The maximum Gasteiger partial charge on any atom is 0.326 e. The van der Waals surface area contributed by atoms with Crippen LogP contribution in [0, 0.1) is 0 Å². The summed E-state index contributed by atoms with van der Waals surface area (Å²) < 4.78 is 0. The molecule has 0 aromatic heterocycles. The first-order chi connectivity index (χ1) is 11.5. The number of hydrogen-bond donors (Lipinski definition) is 4. The van der Waals surface area contributed by atoms with E-state index in [0.29, 0.717) is 19.4 Å². The summed E-state index contributed by atoms with van der Waals surface area (Å²) in [6.45, 7) is 0.445. The monoisotopic (exact) mass is 329 g/mol. The predicted octanol–water partition coefficient (Wildman–Crippen LogP) is 1.02. The fourth-order valence-corrected chi connectivity index (χ4v) is 2.55. The van der Waals surface area contributed by atoms with Gasteiger partial charge in [0.25, 0.3) is 0 Å². The van der Waals surface area contributed by atoms with Crippen LogP contribution in [0.5, 0.6) is 0 Å². The van der Waals surface area contributed by atoms with Gasteiger partial charge in [-0.25, -0.2) is 4.79 Å². The molecule has 0 saturated heterocycles. The summed E-state index contributed by atoms with van der Waals surface area (Å²) in [6.07, 6.45) is 1.26. The van der Waals surface area contributed by atoms with Crippen LogP contribution in [0.4, 0.5) is 0 Å². The summed E-state index contributed by atoms with van der Waals surface area (Å²) in [5.41, 5.74) is 12.0. The highest BCUT2D eigenvalue weighted by Gasteiger charge is 2.23. The molecular formula is C18H23N3O3. The quantitative estimate of drug-likeness (QED) is 0.576. The van der Waals surface area contributed by atoms with Gasteiger partial charge in [0.05, 0.1) is 6.04 Å². The molecule has 0 spiro atoms. The Morgan fingerprint density at radius 1 is 1.12 bits per heavy atom. The predicted molar refractivity (Wildman–Crippen MR) is 93.5 cm³/mol. The van der Waals surface area contributed by atoms with E-state index in [1.165, 1.54) is 0 Å². The molecule has 0 bridgehead atoms. The first kappa shape index (κ1) is 17.9. The molecule has 0 heterocycles. The van der Waals surface area contributed by atoms with Crippen molar-refractivity contribution in [1.82, 2.24) is 5.32 Å². The van der Waals surface area contributed by atoms with Gasteiger partial charge >= 0.3 is 5.97 Å². The molecule has 0 aliphatic rings. The number of nitrogens with two attached hydrogens (primary N) is 2. The molecular weight excluding hydrogens is 306 g/mol. The third kappa shape index (κ3) is 4.78. The highest BCUT2D eigenvalue weighted by molar-refractivity contribution is 5.87. The topological polar surface area (TPSA) is 118 Å². The molecule has 2 aromatic rings. The average molecular weight is 329 g/mol. The van der Waals surface area contributed by atoms with Crippen LogP contribution in [-0.2, 0) is 16.0 Å². The fourth-order valence-electron chi connectivity index (χ4n) is 2.55. The molecule has 6 nitrogen and oxygen atoms in total. The Hall–Kier alpha value is -2.44. The zero-order valence-corrected chi connectivity index (χ0v) is 13.4. The summed E-state index contributed by atoms with van der Waals surface area (Å²) in [5, 5.41) is 14.0. The van der Waals surface area contributed by atoms with Gasteiger partial charge in [0, 0.05) is 6.42 Å². The zero-order valence-electron chi connectivity index (χ0n) is 13.4. The Balaban J connectivity index is 2.07. The van der Waals surface area contributed by atoms with E-state index in [-0.39, 0.29) is 6.42 Å². The Morgan fingerprint density at radius 2 is 1.83 bits per heavy atom. The van der Waals surface area contributed by atoms with E-state index in [4.69, 9.17) is 11.5 Å². The van der Waals surface area contributed by atoms with E-state index in [2.05, 4.69) is 5.32 Å². The van der Waals surface area contributed by atoms with Crippen LogP contribution < -0.4 is 16.8 Å². The number of fused-ring (bicyclic) bond motifs is 1. The van der Waals surface area contributed by atoms with E-state index in [1.54, 1.807) is 0 Å². The van der Waals surface area contributed by atoms with Crippen molar-refractivity contribution >= 4 is 22.6 Å². The number of amides is 1. The number of benzene rings is 2. The second-order valence-corrected chi connectivity index (χ2v) is 5.82. The normalized spacial score (nSPS) is 13.4. The Kier molecular flexibility index (Phi) is 6.28. The van der Waals surface area contributed by atoms with Crippen molar-refractivity contribution in [2.24, 2.45) is 11.5 Å². The van der Waals surface area contributed by atoms with Crippen molar-refractivity contribution in [2.45, 2.75) is 31.3 Å². The lowest BCUT2D eigenvalue weighted by molar-refractivity contribution is -0.142. The summed E-state index contributed by atoms with van der Waals surface area (Å²) in [4.78, 5) is 23.5. The van der Waals surface area contributed by atoms with E-state index in [0.717, 1.165) is 16.3 Å². The molecule has 0 radical (unpaired) electrons. The van der Waals surface area contributed by atoms with Crippen LogP contribution in [-0.4, -0.2) is 35.6 Å². The summed E-state index contributed by atoms with van der Waals surface area (Å²) in [5.74, 6) is -1.54. The third-order valence-electron chi connectivity index (χ3n) is 3.92. The lowest BCUT2D eigenvalue weighted by atomic mass is 10.0. The lowest BCUT2D eigenvalue weighted by Gasteiger charge is -2.18. The first-order valence-electron chi connectivity index (χ1n) is 7.97. The largest absolute Gasteiger partial charge is 0.480 e. The van der Waals surface area contributed by atoms with E-state index >= 15 is 0 Å². The molecule has 0 aliphatic heterocycles. The minimum absolute atomic E-state index is 0.204. The first-order valence-corrected chi connectivity index (χ1v) is 7.97. The highest BCUT2D eigenvalue weighted by Crippen LogP contribution is 2.16. The number of rotatable bonds is 8. The summed E-state index contributed by atoms with van der Waals surface area (Å²) in [6, 6.07) is 11.8. The number of aliphatic carboxylic acids is 1. The van der Waals surface area contributed by atoms with Gasteiger partial charge in [0.1, 0.15) is 6.04 Å². The van der Waals surface area contributed by atoms with Crippen LogP contribution in [0.1, 0.15) is 18.4 Å². The molecule has 2 rings (SSSR count). The molecule has 6 heteroatoms. The van der Waals surface area contributed by atoms with Gasteiger partial charge < -0.3 is 21.9 Å². The lowest BCUT2D eigenvalue weighted by Crippen LogP contribution is -2.49. The molecule has 0 fully saturated rings. The molecule has 6 N–H and O–H groups in total. The van der Waals surface area contributed by atoms with Crippen LogP contribution in [0.3, 0.4) is 0 Å². The molecule has 1 amide bonds. The third-order valence-corrected chi connectivity index (χ3v) is 3.92. The Bertz CT molecular complexity index is 717. The zero-order chi connectivity index (χ0) is 17.5. The van der Waals surface area contributed by atoms with Gasteiger partial charge in [-0.3, -0.25) is 4.79 Å². The van der Waals surface area contributed by atoms with Crippen LogP contribution in [0.15, 0.2) is 42.5 Å². The smallest absolute Gasteiger partial charge is 0.326 e. The van der Waals surface area contributed by atoms with Crippen molar-refractivity contribution in [3.8, 4) is 0 Å². The number of carboxylic acid groups (broad SMARTS) is 1. The maximum absolute atomic E-state index is 12.0. The minimum Gasteiger partial charge on any atom is -0.480 e. The van der Waals surface area contributed by atoms with Gasteiger partial charge in [-0.1, -0.05) is 42.5 Å². The van der Waals surface area contributed by atoms with Gasteiger partial charge in [-0.05, 0) is 35.7 Å². The van der Waals surface area contributed by atoms with Crippen molar-refractivity contribution in [3.05, 3.63) is 48.0 Å². The second kappa shape index (κ2) is 8.42. The average Bonchev–Trinajstić information content (AvgIpc) is 2.58. The van der Waals surface area contributed by atoms with Gasteiger partial charge in [-0.15, -0.1) is 0 Å². The molecule has 0 unspecified atom stereocenters. The second-order valence-electron chi connectivity index (χ2n) is 5.82. The van der Waals surface area contributed by atoms with Crippen molar-refractivity contribution in [2.75, 3.05) is 6.54 Å². The van der Waals surface area contributed by atoms with Gasteiger partial charge in [-0.2, -0.15) is 0 Å². The standard InChI is InChI=1S/C18H23N3O3/c19-9-3-6-15(20)17(22)21-16(18(23)24)11-12-7-8-13-4-1-2-5-14(13)10-12/h1-2,4-5,7-8,10,15-16H,3,6,9,11,19-20H2,(H,21,22)(H,23,24)/t15-,16-/m1/s1. The molecule has 128 valence electrons. The number of carbonyl (C=O) groups is 2. The van der Waals surface area contributed by atoms with Crippen molar-refractivity contribution in [1.29, 1.82) is 0 Å². The van der Waals surface area contributed by atoms with Crippen LogP contribution in [0.2, 0.25) is 0 Å². The van der Waals surface area contributed by atoms with Crippen LogP contribution in [0.25, 0.3) is 10.8 Å². The maximum atomic E-state index is 12.0.